The van der Waals surface area contributed by atoms with Crippen molar-refractivity contribution in [3.8, 4) is 0 Å². The monoisotopic (exact) mass is 372 g/mol. The molecule has 0 atom stereocenters. The largest absolute Gasteiger partial charge is 0.397 e. The van der Waals surface area contributed by atoms with Crippen LogP contribution in [0.4, 0.5) is 11.4 Å². The van der Waals surface area contributed by atoms with Crippen molar-refractivity contribution in [1.82, 2.24) is 9.55 Å². The number of anilines is 2. The predicted octanol–water partition coefficient (Wildman–Crippen LogP) is 2.95. The fraction of sp³-hybridized carbons (Fsp3) is 0.357. The molecular formula is C14H17ClN4O2S2. The van der Waals surface area contributed by atoms with E-state index in [0.29, 0.717) is 23.1 Å². The first-order chi connectivity index (χ1) is 10.7. The first kappa shape index (κ1) is 16.5. The minimum Gasteiger partial charge on any atom is -0.397 e. The molecule has 0 radical (unpaired) electrons. The summed E-state index contributed by atoms with van der Waals surface area (Å²) in [5.41, 5.74) is 9.74. The van der Waals surface area contributed by atoms with Gasteiger partial charge in [0, 0.05) is 12.3 Å². The summed E-state index contributed by atoms with van der Waals surface area (Å²) in [5, 5.41) is 0.605. The van der Waals surface area contributed by atoms with Crippen LogP contribution in [0.2, 0.25) is 5.15 Å². The van der Waals surface area contributed by atoms with E-state index >= 15 is 0 Å². The van der Waals surface area contributed by atoms with Crippen LogP contribution in [0.25, 0.3) is 0 Å². The van der Waals surface area contributed by atoms with E-state index in [2.05, 4.69) is 9.71 Å². The van der Waals surface area contributed by atoms with E-state index in [4.69, 9.17) is 17.3 Å². The number of hydrogen-bond acceptors (Lipinski definition) is 5. The maximum Gasteiger partial charge on any atom is 0.280 e. The Kier molecular flexibility index (Phi) is 4.02. The molecule has 0 unspecified atom stereocenters. The molecule has 124 valence electrons. The third-order valence-corrected chi connectivity index (χ3v) is 6.84. The van der Waals surface area contributed by atoms with Crippen molar-refractivity contribution in [2.24, 2.45) is 0 Å². The minimum absolute atomic E-state index is 0.00514. The number of sulfonamides is 1. The van der Waals surface area contributed by atoms with Crippen molar-refractivity contribution >= 4 is 44.8 Å². The normalized spacial score (nSPS) is 14.1. The predicted molar refractivity (Wildman–Crippen MR) is 93.8 cm³/mol. The molecule has 6 nitrogen and oxygen atoms in total. The number of thioether (sulfide) groups is 1. The number of imidazole rings is 1. The van der Waals surface area contributed by atoms with Crippen LogP contribution in [0.5, 0.6) is 0 Å². The van der Waals surface area contributed by atoms with Crippen molar-refractivity contribution in [1.29, 1.82) is 0 Å². The molecule has 23 heavy (non-hydrogen) atoms. The fourth-order valence-electron chi connectivity index (χ4n) is 2.56. The summed E-state index contributed by atoms with van der Waals surface area (Å²) in [6.07, 6.45) is 0. The molecule has 0 saturated carbocycles. The second-order valence-electron chi connectivity index (χ2n) is 5.50. The number of benzene rings is 1. The van der Waals surface area contributed by atoms with E-state index in [1.165, 1.54) is 11.8 Å². The molecule has 9 heteroatoms. The summed E-state index contributed by atoms with van der Waals surface area (Å²) < 4.78 is 29.7. The number of nitrogens with two attached hydrogens (primary N) is 1. The van der Waals surface area contributed by atoms with Gasteiger partial charge in [-0.25, -0.2) is 4.98 Å². The van der Waals surface area contributed by atoms with Crippen LogP contribution in [-0.4, -0.2) is 23.7 Å². The maximum absolute atomic E-state index is 12.8. The summed E-state index contributed by atoms with van der Waals surface area (Å²) in [6, 6.07) is 1.74. The number of rotatable bonds is 3. The number of aryl methyl sites for hydroxylation is 1. The van der Waals surface area contributed by atoms with E-state index in [1.807, 2.05) is 20.8 Å². The van der Waals surface area contributed by atoms with Gasteiger partial charge in [0.15, 0.2) is 15.3 Å². The lowest BCUT2D eigenvalue weighted by Gasteiger charge is -2.16. The average Bonchev–Trinajstić information content (AvgIpc) is 3.01. The molecule has 0 saturated heterocycles. The van der Waals surface area contributed by atoms with Crippen molar-refractivity contribution in [2.75, 3.05) is 16.2 Å². The molecule has 0 amide bonds. The first-order valence-electron chi connectivity index (χ1n) is 7.00. The molecule has 1 aliphatic heterocycles. The number of aromatic nitrogens is 2. The summed E-state index contributed by atoms with van der Waals surface area (Å²) >= 11 is 7.53. The highest BCUT2D eigenvalue weighted by Gasteiger charge is 2.30. The summed E-state index contributed by atoms with van der Waals surface area (Å²) in [6.45, 7) is 6.31. The number of nitrogen functional groups attached to an aromatic ring is 1. The van der Waals surface area contributed by atoms with Gasteiger partial charge in [0.1, 0.15) is 0 Å². The molecule has 1 aromatic carbocycles. The Bertz CT molecular complexity index is 906. The molecule has 2 heterocycles. The van der Waals surface area contributed by atoms with E-state index in [-0.39, 0.29) is 10.2 Å². The van der Waals surface area contributed by atoms with Crippen LogP contribution in [0.1, 0.15) is 16.7 Å². The molecule has 3 rings (SSSR count). The Morgan fingerprint density at radius 2 is 2.04 bits per heavy atom. The zero-order valence-electron chi connectivity index (χ0n) is 13.0. The van der Waals surface area contributed by atoms with Crippen LogP contribution in [0, 0.1) is 20.8 Å². The third-order valence-electron chi connectivity index (χ3n) is 4.10. The highest BCUT2D eigenvalue weighted by atomic mass is 35.5. The minimum atomic E-state index is -3.87. The summed E-state index contributed by atoms with van der Waals surface area (Å²) in [4.78, 5) is 4.11. The van der Waals surface area contributed by atoms with E-state index < -0.39 is 10.0 Å². The summed E-state index contributed by atoms with van der Waals surface area (Å²) in [7, 11) is -3.87. The van der Waals surface area contributed by atoms with Gasteiger partial charge in [-0.3, -0.25) is 4.72 Å². The Labute approximate surface area is 144 Å². The Morgan fingerprint density at radius 1 is 1.35 bits per heavy atom. The van der Waals surface area contributed by atoms with Crippen molar-refractivity contribution < 1.29 is 8.42 Å². The Balaban J connectivity index is 2.07. The lowest BCUT2D eigenvalue weighted by atomic mass is 10.0. The molecular weight excluding hydrogens is 356 g/mol. The van der Waals surface area contributed by atoms with Gasteiger partial charge >= 0.3 is 0 Å². The number of fused-ring (bicyclic) bond motifs is 1. The van der Waals surface area contributed by atoms with Crippen LogP contribution in [-0.2, 0) is 16.6 Å². The SMILES string of the molecule is Cc1cc(NS(=O)(=O)c2c(Cl)nc3n2CCS3)c(N)c(C)c1C. The van der Waals surface area contributed by atoms with Gasteiger partial charge in [0.25, 0.3) is 10.0 Å². The van der Waals surface area contributed by atoms with Crippen LogP contribution >= 0.6 is 23.4 Å². The highest BCUT2D eigenvalue weighted by Crippen LogP contribution is 2.35. The van der Waals surface area contributed by atoms with Gasteiger partial charge in [-0.1, -0.05) is 23.4 Å². The number of nitrogens with one attached hydrogen (secondary N) is 1. The highest BCUT2D eigenvalue weighted by molar-refractivity contribution is 7.99. The van der Waals surface area contributed by atoms with Crippen molar-refractivity contribution in [3.05, 3.63) is 27.9 Å². The topological polar surface area (TPSA) is 90.0 Å². The van der Waals surface area contributed by atoms with E-state index in [1.54, 1.807) is 10.6 Å². The maximum atomic E-state index is 12.8. The number of halogens is 1. The number of hydrogen-bond donors (Lipinski definition) is 2. The van der Waals surface area contributed by atoms with Gasteiger partial charge in [0.2, 0.25) is 0 Å². The lowest BCUT2D eigenvalue weighted by Crippen LogP contribution is -2.19. The Morgan fingerprint density at radius 3 is 2.74 bits per heavy atom. The standard InChI is InChI=1S/C14H17ClN4O2S2/c1-7-6-10(11(16)9(3)8(7)2)18-23(20,21)13-12(15)17-14-19(13)4-5-22-14/h6,18H,4-5,16H2,1-3H3. The quantitative estimate of drug-likeness (QED) is 0.808. The second-order valence-corrected chi connectivity index (χ2v) is 8.52. The zero-order chi connectivity index (χ0) is 16.9. The molecule has 0 bridgehead atoms. The average molecular weight is 373 g/mol. The lowest BCUT2D eigenvalue weighted by molar-refractivity contribution is 0.577. The molecule has 0 aliphatic carbocycles. The van der Waals surface area contributed by atoms with Crippen molar-refractivity contribution in [2.45, 2.75) is 37.5 Å². The molecule has 3 N–H and O–H groups in total. The molecule has 1 aromatic heterocycles. The first-order valence-corrected chi connectivity index (χ1v) is 9.85. The molecule has 1 aliphatic rings. The van der Waals surface area contributed by atoms with Crippen LogP contribution < -0.4 is 10.5 Å². The molecule has 0 spiro atoms. The Hall–Kier alpha value is -1.38. The summed E-state index contributed by atoms with van der Waals surface area (Å²) in [5.74, 6) is 0.785. The zero-order valence-corrected chi connectivity index (χ0v) is 15.4. The van der Waals surface area contributed by atoms with Crippen molar-refractivity contribution in [3.63, 3.8) is 0 Å². The van der Waals surface area contributed by atoms with Gasteiger partial charge in [-0.05, 0) is 43.5 Å². The second kappa shape index (κ2) is 5.61. The van der Waals surface area contributed by atoms with Crippen LogP contribution in [0.15, 0.2) is 16.2 Å². The van der Waals surface area contributed by atoms with Crippen LogP contribution in [0.3, 0.4) is 0 Å². The molecule has 0 fully saturated rings. The number of nitrogens with zero attached hydrogens (tertiary/aromatic N) is 2. The third kappa shape index (κ3) is 2.68. The molecule has 2 aromatic rings. The fourth-order valence-corrected chi connectivity index (χ4v) is 5.40. The van der Waals surface area contributed by atoms with Gasteiger partial charge in [-0.15, -0.1) is 0 Å². The van der Waals surface area contributed by atoms with E-state index in [9.17, 15) is 8.42 Å². The smallest absolute Gasteiger partial charge is 0.280 e. The van der Waals surface area contributed by atoms with E-state index in [0.717, 1.165) is 22.4 Å². The van der Waals surface area contributed by atoms with Gasteiger partial charge in [0.05, 0.1) is 11.4 Å². The van der Waals surface area contributed by atoms with Gasteiger partial charge < -0.3 is 10.3 Å². The van der Waals surface area contributed by atoms with Gasteiger partial charge in [-0.2, -0.15) is 8.42 Å².